The summed E-state index contributed by atoms with van der Waals surface area (Å²) >= 11 is 1.36. The highest BCUT2D eigenvalue weighted by Gasteiger charge is 2.17. The van der Waals surface area contributed by atoms with Crippen LogP contribution in [-0.4, -0.2) is 10.8 Å². The summed E-state index contributed by atoms with van der Waals surface area (Å²) in [5, 5.41) is 0.502. The van der Waals surface area contributed by atoms with E-state index in [0.717, 1.165) is 10.2 Å². The van der Waals surface area contributed by atoms with Crippen molar-refractivity contribution in [3.05, 3.63) is 18.2 Å². The minimum Gasteiger partial charge on any atom is -0.459 e. The molecular weight excluding hydrogens is 215 g/mol. The van der Waals surface area contributed by atoms with Crippen molar-refractivity contribution in [2.24, 2.45) is 0 Å². The van der Waals surface area contributed by atoms with Crippen LogP contribution in [0.3, 0.4) is 0 Å². The number of alkyl halides is 1. The number of anilines is 1. The molecule has 2 rings (SSSR count). The average molecular weight is 226 g/mol. The summed E-state index contributed by atoms with van der Waals surface area (Å²) in [6.45, 7) is 2.72. The molecule has 0 unspecified atom stereocenters. The predicted molar refractivity (Wildman–Crippen MR) is 59.8 cm³/mol. The fourth-order valence-corrected chi connectivity index (χ4v) is 2.03. The van der Waals surface area contributed by atoms with Crippen molar-refractivity contribution < 1.29 is 9.13 Å². The molecule has 0 spiro atoms. The molecular formula is C10H11FN2OS. The Balaban J connectivity index is 2.38. The van der Waals surface area contributed by atoms with Gasteiger partial charge in [0.2, 0.25) is 5.85 Å². The van der Waals surface area contributed by atoms with Gasteiger partial charge in [-0.3, -0.25) is 0 Å². The molecule has 15 heavy (non-hydrogen) atoms. The molecule has 2 aromatic rings. The number of rotatable bonds is 2. The van der Waals surface area contributed by atoms with Crippen LogP contribution in [0.4, 0.5) is 9.52 Å². The largest absolute Gasteiger partial charge is 0.459 e. The molecule has 0 amide bonds. The van der Waals surface area contributed by atoms with Crippen LogP contribution in [0.25, 0.3) is 10.2 Å². The van der Waals surface area contributed by atoms with E-state index in [9.17, 15) is 4.39 Å². The summed E-state index contributed by atoms with van der Waals surface area (Å²) in [5.74, 6) is -1.19. The smallest absolute Gasteiger partial charge is 0.242 e. The van der Waals surface area contributed by atoms with Crippen molar-refractivity contribution >= 4 is 26.7 Å². The molecule has 80 valence electrons. The monoisotopic (exact) mass is 226 g/mol. The van der Waals surface area contributed by atoms with Crippen LogP contribution in [-0.2, 0) is 0 Å². The summed E-state index contributed by atoms with van der Waals surface area (Å²) in [6, 6.07) is 5.19. The Labute approximate surface area is 90.7 Å². The summed E-state index contributed by atoms with van der Waals surface area (Å²) in [4.78, 5) is 4.10. The van der Waals surface area contributed by atoms with Crippen molar-refractivity contribution in [1.82, 2.24) is 4.98 Å². The molecule has 0 radical (unpaired) electrons. The van der Waals surface area contributed by atoms with Crippen LogP contribution in [0.5, 0.6) is 5.75 Å². The maximum absolute atomic E-state index is 13.2. The minimum absolute atomic E-state index is 0.485. The highest BCUT2D eigenvalue weighted by Crippen LogP contribution is 2.29. The van der Waals surface area contributed by atoms with E-state index in [1.54, 1.807) is 18.2 Å². The van der Waals surface area contributed by atoms with Gasteiger partial charge < -0.3 is 10.5 Å². The molecule has 0 aliphatic rings. The lowest BCUT2D eigenvalue weighted by molar-refractivity contribution is -0.0255. The van der Waals surface area contributed by atoms with Crippen molar-refractivity contribution in [2.45, 2.75) is 19.7 Å². The lowest BCUT2D eigenvalue weighted by Crippen LogP contribution is -2.20. The molecule has 2 N–H and O–H groups in total. The Morgan fingerprint density at radius 3 is 2.87 bits per heavy atom. The van der Waals surface area contributed by atoms with E-state index in [1.165, 1.54) is 25.2 Å². The van der Waals surface area contributed by atoms with Crippen molar-refractivity contribution in [3.63, 3.8) is 0 Å². The van der Waals surface area contributed by atoms with Crippen LogP contribution in [0, 0.1) is 0 Å². The number of hydrogen-bond acceptors (Lipinski definition) is 4. The van der Waals surface area contributed by atoms with E-state index in [1.807, 2.05) is 0 Å². The van der Waals surface area contributed by atoms with Gasteiger partial charge in [0.1, 0.15) is 5.75 Å². The third kappa shape index (κ3) is 2.36. The van der Waals surface area contributed by atoms with Gasteiger partial charge in [-0.05, 0) is 18.2 Å². The van der Waals surface area contributed by atoms with Gasteiger partial charge in [0.15, 0.2) is 5.13 Å². The number of benzene rings is 1. The van der Waals surface area contributed by atoms with E-state index in [2.05, 4.69) is 4.98 Å². The number of fused-ring (bicyclic) bond motifs is 1. The molecule has 0 aliphatic heterocycles. The molecule has 0 fully saturated rings. The number of nitrogens with two attached hydrogens (primary N) is 1. The number of aromatic nitrogens is 1. The molecule has 1 aromatic carbocycles. The molecule has 0 saturated heterocycles. The average Bonchev–Trinajstić information content (AvgIpc) is 2.40. The quantitative estimate of drug-likeness (QED) is 0.856. The van der Waals surface area contributed by atoms with Crippen LogP contribution >= 0.6 is 11.3 Å². The third-order valence-electron chi connectivity index (χ3n) is 1.74. The van der Waals surface area contributed by atoms with Gasteiger partial charge in [-0.25, -0.2) is 4.98 Å². The molecule has 1 heterocycles. The number of ether oxygens (including phenoxy) is 1. The number of hydrogen-bond donors (Lipinski definition) is 1. The van der Waals surface area contributed by atoms with Crippen LogP contribution in [0.15, 0.2) is 18.2 Å². The third-order valence-corrected chi connectivity index (χ3v) is 2.58. The maximum Gasteiger partial charge on any atom is 0.242 e. The molecule has 0 saturated carbocycles. The van der Waals surface area contributed by atoms with E-state index in [-0.39, 0.29) is 0 Å². The van der Waals surface area contributed by atoms with E-state index in [0.29, 0.717) is 10.9 Å². The van der Waals surface area contributed by atoms with Gasteiger partial charge in [-0.1, -0.05) is 11.3 Å². The standard InChI is InChI=1S/C10H11FN2OS/c1-10(2,11)14-6-3-4-7-8(5-6)15-9(12)13-7/h3-5H,1-2H3,(H2,12,13). The van der Waals surface area contributed by atoms with Gasteiger partial charge in [-0.15, -0.1) is 0 Å². The van der Waals surface area contributed by atoms with E-state index in [4.69, 9.17) is 10.5 Å². The highest BCUT2D eigenvalue weighted by molar-refractivity contribution is 7.22. The Bertz CT molecular complexity index is 490. The first kappa shape index (κ1) is 10.2. The zero-order valence-corrected chi connectivity index (χ0v) is 9.27. The van der Waals surface area contributed by atoms with Crippen LogP contribution in [0.2, 0.25) is 0 Å². The summed E-state index contributed by atoms with van der Waals surface area (Å²) in [7, 11) is 0. The van der Waals surface area contributed by atoms with Gasteiger partial charge in [0.25, 0.3) is 0 Å². The minimum atomic E-state index is -1.68. The van der Waals surface area contributed by atoms with Crippen LogP contribution < -0.4 is 10.5 Å². The van der Waals surface area contributed by atoms with Crippen molar-refractivity contribution in [2.75, 3.05) is 5.73 Å². The summed E-state index contributed by atoms with van der Waals surface area (Å²) in [6.07, 6.45) is 0. The maximum atomic E-state index is 13.2. The lowest BCUT2D eigenvalue weighted by Gasteiger charge is -2.16. The Morgan fingerprint density at radius 2 is 2.20 bits per heavy atom. The summed E-state index contributed by atoms with van der Waals surface area (Å²) < 4.78 is 19.2. The van der Waals surface area contributed by atoms with Gasteiger partial charge in [0, 0.05) is 13.8 Å². The molecule has 3 nitrogen and oxygen atoms in total. The summed E-state index contributed by atoms with van der Waals surface area (Å²) in [5.41, 5.74) is 6.37. The van der Waals surface area contributed by atoms with E-state index >= 15 is 0 Å². The topological polar surface area (TPSA) is 48.1 Å². The van der Waals surface area contributed by atoms with Crippen molar-refractivity contribution in [1.29, 1.82) is 0 Å². The molecule has 0 bridgehead atoms. The lowest BCUT2D eigenvalue weighted by atomic mass is 10.3. The number of halogens is 1. The zero-order chi connectivity index (χ0) is 11.1. The first-order chi connectivity index (χ1) is 6.94. The molecule has 1 aromatic heterocycles. The normalized spacial score (nSPS) is 11.9. The second-order valence-electron chi connectivity index (χ2n) is 3.65. The molecule has 0 aliphatic carbocycles. The van der Waals surface area contributed by atoms with E-state index < -0.39 is 5.85 Å². The zero-order valence-electron chi connectivity index (χ0n) is 8.45. The highest BCUT2D eigenvalue weighted by atomic mass is 32.1. The first-order valence-corrected chi connectivity index (χ1v) is 5.30. The van der Waals surface area contributed by atoms with Gasteiger partial charge in [-0.2, -0.15) is 4.39 Å². The van der Waals surface area contributed by atoms with Crippen LogP contribution in [0.1, 0.15) is 13.8 Å². The SMILES string of the molecule is CC(C)(F)Oc1ccc2nc(N)sc2c1. The van der Waals surface area contributed by atoms with Gasteiger partial charge in [0.05, 0.1) is 10.2 Å². The second-order valence-corrected chi connectivity index (χ2v) is 4.71. The number of nitrogens with zero attached hydrogens (tertiary/aromatic N) is 1. The van der Waals surface area contributed by atoms with Gasteiger partial charge >= 0.3 is 0 Å². The van der Waals surface area contributed by atoms with Crippen molar-refractivity contribution in [3.8, 4) is 5.75 Å². The Hall–Kier alpha value is -1.36. The first-order valence-electron chi connectivity index (χ1n) is 4.48. The fraction of sp³-hybridized carbons (Fsp3) is 0.300. The number of thiazole rings is 1. The Morgan fingerprint density at radius 1 is 1.47 bits per heavy atom. The predicted octanol–water partition coefficient (Wildman–Crippen LogP) is 2.96. The Kier molecular flexibility index (Phi) is 2.26. The fourth-order valence-electron chi connectivity index (χ4n) is 1.27. The second kappa shape index (κ2) is 3.34. The molecule has 0 atom stereocenters. The molecule has 5 heteroatoms. The number of nitrogen functional groups attached to an aromatic ring is 1.